The van der Waals surface area contributed by atoms with Crippen molar-refractivity contribution in [3.63, 3.8) is 0 Å². The Morgan fingerprint density at radius 1 is 1.29 bits per heavy atom. The van der Waals surface area contributed by atoms with Gasteiger partial charge in [-0.25, -0.2) is 4.98 Å². The zero-order valence-corrected chi connectivity index (χ0v) is 13.1. The molecule has 0 radical (unpaired) electrons. The van der Waals surface area contributed by atoms with Gasteiger partial charge in [-0.2, -0.15) is 0 Å². The average molecular weight is 304 g/mol. The van der Waals surface area contributed by atoms with Crippen molar-refractivity contribution in [2.45, 2.75) is 32.3 Å². The van der Waals surface area contributed by atoms with E-state index in [0.29, 0.717) is 18.4 Å². The third-order valence-corrected chi connectivity index (χ3v) is 4.36. The van der Waals surface area contributed by atoms with Gasteiger partial charge in [-0.3, -0.25) is 4.79 Å². The van der Waals surface area contributed by atoms with Gasteiger partial charge in [0.15, 0.2) is 0 Å². The predicted molar refractivity (Wildman–Crippen MR) is 85.4 cm³/mol. The molecule has 21 heavy (non-hydrogen) atoms. The van der Waals surface area contributed by atoms with Crippen LogP contribution < -0.4 is 5.32 Å². The van der Waals surface area contributed by atoms with Crippen molar-refractivity contribution < 1.29 is 9.90 Å². The number of carbonyl (C=O) groups excluding carboxylic acids is 1. The van der Waals surface area contributed by atoms with Crippen LogP contribution in [-0.4, -0.2) is 28.1 Å². The fourth-order valence-electron chi connectivity index (χ4n) is 1.99. The van der Waals surface area contributed by atoms with E-state index in [9.17, 15) is 9.90 Å². The summed E-state index contributed by atoms with van der Waals surface area (Å²) in [4.78, 5) is 16.3. The lowest BCUT2D eigenvalue weighted by Gasteiger charge is -2.25. The highest BCUT2D eigenvalue weighted by molar-refractivity contribution is 7.07. The van der Waals surface area contributed by atoms with E-state index in [4.69, 9.17) is 0 Å². The van der Waals surface area contributed by atoms with Crippen LogP contribution in [0.2, 0.25) is 0 Å². The Kier molecular flexibility index (Phi) is 5.09. The zero-order chi connectivity index (χ0) is 15.3. The van der Waals surface area contributed by atoms with E-state index in [1.807, 2.05) is 31.4 Å². The molecule has 112 valence electrons. The van der Waals surface area contributed by atoms with Crippen LogP contribution >= 0.6 is 11.3 Å². The summed E-state index contributed by atoms with van der Waals surface area (Å²) in [6.07, 6.45) is 1.24. The van der Waals surface area contributed by atoms with Crippen molar-refractivity contribution >= 4 is 17.2 Å². The molecule has 2 rings (SSSR count). The van der Waals surface area contributed by atoms with Crippen molar-refractivity contribution in [1.82, 2.24) is 10.3 Å². The molecule has 0 unspecified atom stereocenters. The first-order valence-corrected chi connectivity index (χ1v) is 8.01. The number of carbonyl (C=O) groups is 1. The number of nitrogens with zero attached hydrogens (tertiary/aromatic N) is 1. The molecule has 0 bridgehead atoms. The summed E-state index contributed by atoms with van der Waals surface area (Å²) in [6, 6.07) is 7.33. The smallest absolute Gasteiger partial charge is 0.251 e. The first-order valence-electron chi connectivity index (χ1n) is 7.07. The summed E-state index contributed by atoms with van der Waals surface area (Å²) in [5, 5.41) is 14.9. The minimum atomic E-state index is -0.823. The number of amides is 1. The highest BCUT2D eigenvalue weighted by atomic mass is 32.1. The van der Waals surface area contributed by atoms with E-state index in [2.05, 4.69) is 10.3 Å². The van der Waals surface area contributed by atoms with Crippen molar-refractivity contribution in [2.75, 3.05) is 6.54 Å². The Labute approximate surface area is 128 Å². The SMILES string of the molecule is CCC(O)(CC)CNC(=O)c1ccc(-c2cscn2)cc1. The van der Waals surface area contributed by atoms with Gasteiger partial charge in [0.05, 0.1) is 16.8 Å². The quantitative estimate of drug-likeness (QED) is 0.862. The van der Waals surface area contributed by atoms with Crippen LogP contribution in [0.4, 0.5) is 0 Å². The maximum atomic E-state index is 12.1. The molecule has 1 heterocycles. The molecular formula is C16H20N2O2S. The molecule has 4 nitrogen and oxygen atoms in total. The Hall–Kier alpha value is -1.72. The monoisotopic (exact) mass is 304 g/mol. The molecule has 1 aromatic heterocycles. The van der Waals surface area contributed by atoms with E-state index in [1.165, 1.54) is 0 Å². The summed E-state index contributed by atoms with van der Waals surface area (Å²) in [7, 11) is 0. The standard InChI is InChI=1S/C16H20N2O2S/c1-3-16(20,4-2)10-17-15(19)13-7-5-12(6-8-13)14-9-21-11-18-14/h5-9,11,20H,3-4,10H2,1-2H3,(H,17,19). The third-order valence-electron chi connectivity index (χ3n) is 3.77. The van der Waals surface area contributed by atoms with Gasteiger partial charge in [0.1, 0.15) is 0 Å². The van der Waals surface area contributed by atoms with Gasteiger partial charge in [-0.15, -0.1) is 11.3 Å². The highest BCUT2D eigenvalue weighted by Crippen LogP contribution is 2.19. The largest absolute Gasteiger partial charge is 0.388 e. The lowest BCUT2D eigenvalue weighted by atomic mass is 9.97. The van der Waals surface area contributed by atoms with E-state index < -0.39 is 5.60 Å². The molecule has 2 N–H and O–H groups in total. The van der Waals surface area contributed by atoms with E-state index >= 15 is 0 Å². The van der Waals surface area contributed by atoms with Gasteiger partial charge in [0.25, 0.3) is 5.91 Å². The summed E-state index contributed by atoms with van der Waals surface area (Å²) >= 11 is 1.54. The second-order valence-electron chi connectivity index (χ2n) is 5.07. The molecular weight excluding hydrogens is 284 g/mol. The van der Waals surface area contributed by atoms with E-state index in [-0.39, 0.29) is 12.5 Å². The van der Waals surface area contributed by atoms with Crippen LogP contribution in [0.15, 0.2) is 35.2 Å². The van der Waals surface area contributed by atoms with Crippen LogP contribution in [0.1, 0.15) is 37.0 Å². The number of rotatable bonds is 6. The summed E-state index contributed by atoms with van der Waals surface area (Å²) in [5.74, 6) is -0.167. The predicted octanol–water partition coefficient (Wildman–Crippen LogP) is 3.09. The number of aliphatic hydroxyl groups is 1. The molecule has 1 amide bonds. The summed E-state index contributed by atoms with van der Waals surface area (Å²) in [5.41, 5.74) is 3.45. The van der Waals surface area contributed by atoms with Crippen molar-refractivity contribution in [3.05, 3.63) is 40.7 Å². The van der Waals surface area contributed by atoms with E-state index in [0.717, 1.165) is 11.3 Å². The van der Waals surface area contributed by atoms with Gasteiger partial charge < -0.3 is 10.4 Å². The molecule has 0 aliphatic carbocycles. The summed E-state index contributed by atoms with van der Waals surface area (Å²) < 4.78 is 0. The topological polar surface area (TPSA) is 62.2 Å². The molecule has 0 saturated carbocycles. The number of thiazole rings is 1. The van der Waals surface area contributed by atoms with Crippen LogP contribution in [0.3, 0.4) is 0 Å². The number of benzene rings is 1. The molecule has 0 aliphatic heterocycles. The Balaban J connectivity index is 2.00. The summed E-state index contributed by atoms with van der Waals surface area (Å²) in [6.45, 7) is 4.10. The second-order valence-corrected chi connectivity index (χ2v) is 5.78. The van der Waals surface area contributed by atoms with Crippen molar-refractivity contribution in [1.29, 1.82) is 0 Å². The molecule has 0 atom stereocenters. The van der Waals surface area contributed by atoms with Crippen LogP contribution in [0.25, 0.3) is 11.3 Å². The van der Waals surface area contributed by atoms with E-state index in [1.54, 1.807) is 29.0 Å². The number of hydrogen-bond acceptors (Lipinski definition) is 4. The fraction of sp³-hybridized carbons (Fsp3) is 0.375. The van der Waals surface area contributed by atoms with Gasteiger partial charge >= 0.3 is 0 Å². The molecule has 0 fully saturated rings. The van der Waals surface area contributed by atoms with Gasteiger partial charge in [0.2, 0.25) is 0 Å². The second kappa shape index (κ2) is 6.83. The molecule has 0 saturated heterocycles. The van der Waals surface area contributed by atoms with Gasteiger partial charge in [-0.1, -0.05) is 26.0 Å². The van der Waals surface area contributed by atoms with Crippen LogP contribution in [-0.2, 0) is 0 Å². The van der Waals surface area contributed by atoms with Gasteiger partial charge in [-0.05, 0) is 25.0 Å². The minimum absolute atomic E-state index is 0.167. The molecule has 1 aromatic carbocycles. The zero-order valence-electron chi connectivity index (χ0n) is 12.3. The average Bonchev–Trinajstić information content (AvgIpc) is 3.07. The Bertz CT molecular complexity index is 575. The first-order chi connectivity index (χ1) is 10.1. The Morgan fingerprint density at radius 3 is 2.48 bits per heavy atom. The Morgan fingerprint density at radius 2 is 1.95 bits per heavy atom. The molecule has 5 heteroatoms. The number of hydrogen-bond donors (Lipinski definition) is 2. The normalized spacial score (nSPS) is 11.4. The molecule has 0 spiro atoms. The van der Waals surface area contributed by atoms with Gasteiger partial charge in [0, 0.05) is 23.1 Å². The molecule has 2 aromatic rings. The van der Waals surface area contributed by atoms with Crippen molar-refractivity contribution in [2.24, 2.45) is 0 Å². The maximum Gasteiger partial charge on any atom is 0.251 e. The fourth-order valence-corrected chi connectivity index (χ4v) is 2.56. The van der Waals surface area contributed by atoms with Crippen molar-refractivity contribution in [3.8, 4) is 11.3 Å². The highest BCUT2D eigenvalue weighted by Gasteiger charge is 2.22. The first kappa shape index (κ1) is 15.7. The number of nitrogens with one attached hydrogen (secondary N) is 1. The maximum absolute atomic E-state index is 12.1. The van der Waals surface area contributed by atoms with Crippen LogP contribution in [0, 0.1) is 0 Å². The van der Waals surface area contributed by atoms with Crippen LogP contribution in [0.5, 0.6) is 0 Å². The minimum Gasteiger partial charge on any atom is -0.388 e. The third kappa shape index (κ3) is 3.89. The lowest BCUT2D eigenvalue weighted by Crippen LogP contribution is -2.42. The lowest BCUT2D eigenvalue weighted by molar-refractivity contribution is 0.0314. The number of aromatic nitrogens is 1. The molecule has 0 aliphatic rings.